The van der Waals surface area contributed by atoms with E-state index in [4.69, 9.17) is 17.3 Å². The van der Waals surface area contributed by atoms with Gasteiger partial charge in [-0.2, -0.15) is 0 Å². The molecule has 0 aromatic heterocycles. The predicted octanol–water partition coefficient (Wildman–Crippen LogP) is 2.87. The van der Waals surface area contributed by atoms with Crippen LogP contribution in [0.4, 0.5) is 0 Å². The van der Waals surface area contributed by atoms with Gasteiger partial charge in [-0.15, -0.1) is 0 Å². The van der Waals surface area contributed by atoms with Crippen molar-refractivity contribution in [2.24, 2.45) is 5.73 Å². The maximum Gasteiger partial charge on any atom is 0.0408 e. The SMILES string of the molecule is CC(C)N1CCC(c2cccc(Cl)c2)C(N)C1. The van der Waals surface area contributed by atoms with Crippen LogP contribution in [0.2, 0.25) is 5.02 Å². The van der Waals surface area contributed by atoms with Crippen molar-refractivity contribution in [1.82, 2.24) is 4.90 Å². The Labute approximate surface area is 109 Å². The Morgan fingerprint density at radius 2 is 2.18 bits per heavy atom. The third kappa shape index (κ3) is 3.01. The smallest absolute Gasteiger partial charge is 0.0408 e. The zero-order valence-corrected chi connectivity index (χ0v) is 11.3. The number of rotatable bonds is 2. The predicted molar refractivity (Wildman–Crippen MR) is 73.5 cm³/mol. The number of hydrogen-bond acceptors (Lipinski definition) is 2. The summed E-state index contributed by atoms with van der Waals surface area (Å²) in [6.07, 6.45) is 1.12. The summed E-state index contributed by atoms with van der Waals surface area (Å²) in [5.74, 6) is 0.448. The van der Waals surface area contributed by atoms with E-state index in [1.807, 2.05) is 12.1 Å². The zero-order valence-electron chi connectivity index (χ0n) is 10.6. The second kappa shape index (κ2) is 5.38. The van der Waals surface area contributed by atoms with E-state index in [1.54, 1.807) is 0 Å². The highest BCUT2D eigenvalue weighted by Gasteiger charge is 2.28. The van der Waals surface area contributed by atoms with Crippen LogP contribution in [0.1, 0.15) is 31.7 Å². The summed E-state index contributed by atoms with van der Waals surface area (Å²) in [7, 11) is 0. The number of nitrogens with zero attached hydrogens (tertiary/aromatic N) is 1. The lowest BCUT2D eigenvalue weighted by Gasteiger charge is -2.39. The first-order valence-corrected chi connectivity index (χ1v) is 6.71. The molecule has 0 spiro atoms. The fraction of sp³-hybridized carbons (Fsp3) is 0.571. The van der Waals surface area contributed by atoms with E-state index >= 15 is 0 Å². The molecule has 1 aromatic rings. The van der Waals surface area contributed by atoms with E-state index < -0.39 is 0 Å². The molecule has 2 N–H and O–H groups in total. The van der Waals surface area contributed by atoms with Crippen molar-refractivity contribution in [3.05, 3.63) is 34.9 Å². The molecule has 0 aliphatic carbocycles. The average molecular weight is 253 g/mol. The molecule has 2 atom stereocenters. The Bertz CT molecular complexity index is 378. The van der Waals surface area contributed by atoms with Crippen LogP contribution in [0.3, 0.4) is 0 Å². The maximum absolute atomic E-state index is 6.30. The first kappa shape index (κ1) is 12.9. The molecule has 1 aliphatic rings. The zero-order chi connectivity index (χ0) is 12.4. The van der Waals surface area contributed by atoms with Gasteiger partial charge >= 0.3 is 0 Å². The van der Waals surface area contributed by atoms with Crippen LogP contribution in [0.25, 0.3) is 0 Å². The lowest BCUT2D eigenvalue weighted by Crippen LogP contribution is -2.49. The Balaban J connectivity index is 2.09. The summed E-state index contributed by atoms with van der Waals surface area (Å²) < 4.78 is 0. The second-order valence-electron chi connectivity index (χ2n) is 5.20. The Morgan fingerprint density at radius 1 is 1.41 bits per heavy atom. The molecular weight excluding hydrogens is 232 g/mol. The summed E-state index contributed by atoms with van der Waals surface area (Å²) in [6.45, 7) is 6.57. The number of nitrogens with two attached hydrogens (primary N) is 1. The fourth-order valence-corrected chi connectivity index (χ4v) is 2.83. The highest BCUT2D eigenvalue weighted by Crippen LogP contribution is 2.29. The van der Waals surface area contributed by atoms with Crippen LogP contribution >= 0.6 is 11.6 Å². The van der Waals surface area contributed by atoms with Crippen molar-refractivity contribution >= 4 is 11.6 Å². The molecule has 1 aromatic carbocycles. The normalized spacial score (nSPS) is 26.4. The molecule has 1 heterocycles. The van der Waals surface area contributed by atoms with Crippen LogP contribution in [0, 0.1) is 0 Å². The molecule has 2 unspecified atom stereocenters. The van der Waals surface area contributed by atoms with Crippen molar-refractivity contribution in [2.75, 3.05) is 13.1 Å². The van der Waals surface area contributed by atoms with E-state index in [0.29, 0.717) is 12.0 Å². The van der Waals surface area contributed by atoms with Crippen molar-refractivity contribution in [1.29, 1.82) is 0 Å². The molecule has 1 fully saturated rings. The van der Waals surface area contributed by atoms with Gasteiger partial charge in [0.25, 0.3) is 0 Å². The van der Waals surface area contributed by atoms with E-state index in [9.17, 15) is 0 Å². The Hall–Kier alpha value is -0.570. The first-order chi connectivity index (χ1) is 8.08. The molecule has 3 heteroatoms. The Kier molecular flexibility index (Phi) is 4.08. The standard InChI is InChI=1S/C14H21ClN2/c1-10(2)17-7-6-13(14(16)9-17)11-4-3-5-12(15)8-11/h3-5,8,10,13-14H,6-7,9,16H2,1-2H3. The van der Waals surface area contributed by atoms with Gasteiger partial charge in [-0.25, -0.2) is 0 Å². The summed E-state index contributed by atoms with van der Waals surface area (Å²) in [4.78, 5) is 2.45. The minimum Gasteiger partial charge on any atom is -0.326 e. The van der Waals surface area contributed by atoms with Gasteiger partial charge in [0.05, 0.1) is 0 Å². The van der Waals surface area contributed by atoms with Crippen LogP contribution in [0.5, 0.6) is 0 Å². The van der Waals surface area contributed by atoms with Gasteiger partial charge < -0.3 is 5.73 Å². The average Bonchev–Trinajstić information content (AvgIpc) is 2.28. The third-order valence-electron chi connectivity index (χ3n) is 3.70. The van der Waals surface area contributed by atoms with E-state index in [2.05, 4.69) is 30.9 Å². The molecule has 1 saturated heterocycles. The highest BCUT2D eigenvalue weighted by atomic mass is 35.5. The summed E-state index contributed by atoms with van der Waals surface area (Å²) in [5, 5.41) is 0.806. The van der Waals surface area contributed by atoms with Crippen LogP contribution in [-0.2, 0) is 0 Å². The van der Waals surface area contributed by atoms with Gasteiger partial charge in [-0.1, -0.05) is 23.7 Å². The van der Waals surface area contributed by atoms with Gasteiger partial charge in [-0.05, 0) is 44.5 Å². The monoisotopic (exact) mass is 252 g/mol. The van der Waals surface area contributed by atoms with Gasteiger partial charge in [-0.3, -0.25) is 4.90 Å². The number of benzene rings is 1. The number of halogens is 1. The number of piperidine rings is 1. The molecule has 17 heavy (non-hydrogen) atoms. The molecule has 94 valence electrons. The Morgan fingerprint density at radius 3 is 2.76 bits per heavy atom. The van der Waals surface area contributed by atoms with Crippen LogP contribution in [0.15, 0.2) is 24.3 Å². The molecule has 2 rings (SSSR count). The lowest BCUT2D eigenvalue weighted by atomic mass is 9.85. The number of hydrogen-bond donors (Lipinski definition) is 1. The van der Waals surface area contributed by atoms with Gasteiger partial charge in [0.15, 0.2) is 0 Å². The third-order valence-corrected chi connectivity index (χ3v) is 3.93. The molecule has 0 radical (unpaired) electrons. The molecular formula is C14H21ClN2. The fourth-order valence-electron chi connectivity index (χ4n) is 2.63. The minimum atomic E-state index is 0.213. The molecule has 1 aliphatic heterocycles. The second-order valence-corrected chi connectivity index (χ2v) is 5.64. The molecule has 2 nitrogen and oxygen atoms in total. The number of likely N-dealkylation sites (tertiary alicyclic amines) is 1. The van der Waals surface area contributed by atoms with E-state index in [1.165, 1.54) is 5.56 Å². The van der Waals surface area contributed by atoms with Crippen molar-refractivity contribution < 1.29 is 0 Å². The molecule has 0 amide bonds. The maximum atomic E-state index is 6.30. The van der Waals surface area contributed by atoms with E-state index in [-0.39, 0.29) is 6.04 Å². The van der Waals surface area contributed by atoms with E-state index in [0.717, 1.165) is 24.5 Å². The summed E-state index contributed by atoms with van der Waals surface area (Å²) in [6, 6.07) is 8.92. The quantitative estimate of drug-likeness (QED) is 0.877. The molecule has 0 saturated carbocycles. The summed E-state index contributed by atoms with van der Waals surface area (Å²) in [5.41, 5.74) is 7.59. The van der Waals surface area contributed by atoms with Gasteiger partial charge in [0.1, 0.15) is 0 Å². The molecule has 0 bridgehead atoms. The van der Waals surface area contributed by atoms with Crippen molar-refractivity contribution in [3.8, 4) is 0 Å². The van der Waals surface area contributed by atoms with Crippen molar-refractivity contribution in [2.45, 2.75) is 38.3 Å². The van der Waals surface area contributed by atoms with Crippen LogP contribution in [-0.4, -0.2) is 30.1 Å². The topological polar surface area (TPSA) is 29.3 Å². The highest BCUT2D eigenvalue weighted by molar-refractivity contribution is 6.30. The lowest BCUT2D eigenvalue weighted by molar-refractivity contribution is 0.154. The van der Waals surface area contributed by atoms with Crippen LogP contribution < -0.4 is 5.73 Å². The minimum absolute atomic E-state index is 0.213. The first-order valence-electron chi connectivity index (χ1n) is 6.33. The largest absolute Gasteiger partial charge is 0.326 e. The summed E-state index contributed by atoms with van der Waals surface area (Å²) >= 11 is 6.04. The van der Waals surface area contributed by atoms with Gasteiger partial charge in [0.2, 0.25) is 0 Å². The van der Waals surface area contributed by atoms with Crippen molar-refractivity contribution in [3.63, 3.8) is 0 Å². The van der Waals surface area contributed by atoms with Gasteiger partial charge in [0, 0.05) is 29.6 Å².